The number of aromatic nitrogens is 1. The summed E-state index contributed by atoms with van der Waals surface area (Å²) in [6.45, 7) is 0.525. The van der Waals surface area contributed by atoms with Crippen LogP contribution in [0.15, 0.2) is 83.3 Å². The van der Waals surface area contributed by atoms with Gasteiger partial charge in [0.05, 0.1) is 12.0 Å². The number of rotatable bonds is 7. The quantitative estimate of drug-likeness (QED) is 0.351. The molecule has 1 saturated heterocycles. The molecule has 3 aromatic carbocycles. The second kappa shape index (κ2) is 11.9. The number of oxazole rings is 1. The van der Waals surface area contributed by atoms with Gasteiger partial charge in [-0.25, -0.2) is 4.98 Å². The summed E-state index contributed by atoms with van der Waals surface area (Å²) in [5, 5.41) is 11.0. The van der Waals surface area contributed by atoms with Gasteiger partial charge in [0, 0.05) is 17.2 Å². The van der Waals surface area contributed by atoms with Gasteiger partial charge in [-0.1, -0.05) is 72.8 Å². The third-order valence-corrected chi connectivity index (χ3v) is 7.48. The molecular formula is C31H29N2NaO4. The van der Waals surface area contributed by atoms with Crippen molar-refractivity contribution in [3.8, 4) is 28.3 Å². The Labute approximate surface area is 244 Å². The Morgan fingerprint density at radius 2 is 1.63 bits per heavy atom. The molecule has 0 radical (unpaired) electrons. The molecule has 2 atom stereocenters. The first-order valence-corrected chi connectivity index (χ1v) is 13.0. The van der Waals surface area contributed by atoms with Crippen LogP contribution in [0.1, 0.15) is 54.8 Å². The van der Waals surface area contributed by atoms with E-state index >= 15 is 0 Å². The van der Waals surface area contributed by atoms with Gasteiger partial charge in [-0.3, -0.25) is 4.90 Å². The SMILES string of the molecule is O=C([O-])COc1cccc2c1CCCC2N1CCCC1c1nc(-c2ccccc2)c(-c2ccccc2)o1.[Na+]. The Kier molecular flexibility index (Phi) is 8.34. The number of hydrogen-bond donors (Lipinski definition) is 0. The fourth-order valence-corrected chi connectivity index (χ4v) is 5.89. The first-order chi connectivity index (χ1) is 18.2. The fourth-order valence-electron chi connectivity index (χ4n) is 5.89. The van der Waals surface area contributed by atoms with Gasteiger partial charge in [0.1, 0.15) is 18.1 Å². The van der Waals surface area contributed by atoms with Crippen LogP contribution in [0.3, 0.4) is 0 Å². The van der Waals surface area contributed by atoms with E-state index in [1.165, 1.54) is 5.56 Å². The number of hydrogen-bond acceptors (Lipinski definition) is 6. The molecule has 1 aliphatic carbocycles. The molecule has 0 spiro atoms. The predicted octanol–water partition coefficient (Wildman–Crippen LogP) is 2.36. The van der Waals surface area contributed by atoms with Crippen molar-refractivity contribution in [1.29, 1.82) is 0 Å². The van der Waals surface area contributed by atoms with Crippen LogP contribution in [0.5, 0.6) is 5.75 Å². The average molecular weight is 517 g/mol. The predicted molar refractivity (Wildman–Crippen MR) is 139 cm³/mol. The number of carboxylic acid groups (broad SMARTS) is 1. The molecule has 0 bridgehead atoms. The van der Waals surface area contributed by atoms with E-state index in [1.54, 1.807) is 0 Å². The number of likely N-dealkylation sites (tertiary alicyclic amines) is 1. The molecule has 0 N–H and O–H groups in total. The minimum Gasteiger partial charge on any atom is -0.546 e. The molecule has 1 aliphatic heterocycles. The maximum Gasteiger partial charge on any atom is 1.00 e. The van der Waals surface area contributed by atoms with E-state index in [4.69, 9.17) is 14.1 Å². The van der Waals surface area contributed by atoms with Crippen molar-refractivity contribution in [2.75, 3.05) is 13.2 Å². The van der Waals surface area contributed by atoms with Gasteiger partial charge in [-0.2, -0.15) is 0 Å². The zero-order valence-corrected chi connectivity index (χ0v) is 23.6. The van der Waals surface area contributed by atoms with Crippen LogP contribution in [0, 0.1) is 0 Å². The van der Waals surface area contributed by atoms with Crippen LogP contribution in [-0.4, -0.2) is 29.0 Å². The van der Waals surface area contributed by atoms with Gasteiger partial charge in [-0.15, -0.1) is 0 Å². The molecule has 6 rings (SSSR count). The zero-order valence-electron chi connectivity index (χ0n) is 21.6. The van der Waals surface area contributed by atoms with Gasteiger partial charge in [-0.05, 0) is 55.8 Å². The fraction of sp³-hybridized carbons (Fsp3) is 0.290. The standard InChI is InChI=1S/C31H30N2O4.Na/c34-28(35)20-36-27-18-8-14-23-24(27)15-7-16-25(23)33-19-9-17-26(33)31-32-29(21-10-3-1-4-11-21)30(37-31)22-12-5-2-6-13-22;/h1-6,8,10-14,18,25-26H,7,9,15-17,19-20H2,(H,34,35);/q;+1/p-1. The molecular weight excluding hydrogens is 487 g/mol. The molecule has 2 heterocycles. The summed E-state index contributed by atoms with van der Waals surface area (Å²) in [5.74, 6) is 0.996. The van der Waals surface area contributed by atoms with Crippen molar-refractivity contribution >= 4 is 5.97 Å². The number of fused-ring (bicyclic) bond motifs is 1. The number of carboxylic acids is 1. The van der Waals surface area contributed by atoms with Crippen LogP contribution >= 0.6 is 0 Å². The minimum absolute atomic E-state index is 0. The number of aliphatic carboxylic acids is 1. The summed E-state index contributed by atoms with van der Waals surface area (Å²) in [6.07, 6.45) is 4.98. The Balaban J connectivity index is 0.00000294. The van der Waals surface area contributed by atoms with E-state index in [0.29, 0.717) is 5.75 Å². The molecule has 38 heavy (non-hydrogen) atoms. The minimum atomic E-state index is -1.21. The average Bonchev–Trinajstić information content (AvgIpc) is 3.60. The van der Waals surface area contributed by atoms with E-state index in [-0.39, 0.29) is 41.6 Å². The van der Waals surface area contributed by atoms with E-state index in [9.17, 15) is 9.90 Å². The van der Waals surface area contributed by atoms with Crippen LogP contribution in [0.25, 0.3) is 22.6 Å². The van der Waals surface area contributed by atoms with Crippen molar-refractivity contribution < 1.29 is 48.6 Å². The number of benzene rings is 3. The summed E-state index contributed by atoms with van der Waals surface area (Å²) in [5.41, 5.74) is 5.25. The molecule has 0 saturated carbocycles. The van der Waals surface area contributed by atoms with Crippen LogP contribution in [-0.2, 0) is 11.2 Å². The van der Waals surface area contributed by atoms with Crippen molar-refractivity contribution in [3.05, 3.63) is 95.9 Å². The molecule has 4 aromatic rings. The van der Waals surface area contributed by atoms with Crippen molar-refractivity contribution in [2.24, 2.45) is 0 Å². The van der Waals surface area contributed by atoms with Gasteiger partial charge >= 0.3 is 29.6 Å². The molecule has 1 fully saturated rings. The molecule has 1 aromatic heterocycles. The zero-order chi connectivity index (χ0) is 25.2. The molecule has 188 valence electrons. The van der Waals surface area contributed by atoms with Crippen molar-refractivity contribution in [1.82, 2.24) is 9.88 Å². The number of ether oxygens (including phenoxy) is 1. The molecule has 0 amide bonds. The van der Waals surface area contributed by atoms with Gasteiger partial charge in [0.15, 0.2) is 5.76 Å². The number of nitrogens with zero attached hydrogens (tertiary/aromatic N) is 2. The second-order valence-corrected chi connectivity index (χ2v) is 9.75. The topological polar surface area (TPSA) is 78.6 Å². The summed E-state index contributed by atoms with van der Waals surface area (Å²) >= 11 is 0. The molecule has 2 aliphatic rings. The van der Waals surface area contributed by atoms with Crippen LogP contribution in [0.2, 0.25) is 0 Å². The van der Waals surface area contributed by atoms with Crippen molar-refractivity contribution in [2.45, 2.75) is 44.2 Å². The third kappa shape index (κ3) is 5.32. The summed E-state index contributed by atoms with van der Waals surface area (Å²) < 4.78 is 12.2. The van der Waals surface area contributed by atoms with E-state index in [2.05, 4.69) is 35.2 Å². The summed E-state index contributed by atoms with van der Waals surface area (Å²) in [7, 11) is 0. The maximum atomic E-state index is 11.0. The first kappa shape index (κ1) is 26.7. The second-order valence-electron chi connectivity index (χ2n) is 9.75. The first-order valence-electron chi connectivity index (χ1n) is 13.0. The molecule has 6 nitrogen and oxygen atoms in total. The van der Waals surface area contributed by atoms with Crippen LogP contribution in [0.4, 0.5) is 0 Å². The van der Waals surface area contributed by atoms with E-state index in [0.717, 1.165) is 72.7 Å². The Hall–Kier alpha value is -2.90. The monoisotopic (exact) mass is 516 g/mol. The largest absolute Gasteiger partial charge is 1.00 e. The normalized spacial score (nSPS) is 18.9. The Morgan fingerprint density at radius 1 is 0.921 bits per heavy atom. The van der Waals surface area contributed by atoms with Crippen LogP contribution < -0.4 is 39.4 Å². The Bertz CT molecular complexity index is 1330. The third-order valence-electron chi connectivity index (χ3n) is 7.48. The summed E-state index contributed by atoms with van der Waals surface area (Å²) in [4.78, 5) is 18.6. The van der Waals surface area contributed by atoms with E-state index in [1.807, 2.05) is 48.5 Å². The molecule has 7 heteroatoms. The Morgan fingerprint density at radius 3 is 2.37 bits per heavy atom. The smallest absolute Gasteiger partial charge is 0.546 e. The number of carbonyl (C=O) groups excluding carboxylic acids is 1. The number of carbonyl (C=O) groups is 1. The summed E-state index contributed by atoms with van der Waals surface area (Å²) in [6, 6.07) is 26.6. The van der Waals surface area contributed by atoms with Gasteiger partial charge in [0.2, 0.25) is 5.89 Å². The van der Waals surface area contributed by atoms with E-state index < -0.39 is 12.6 Å². The van der Waals surface area contributed by atoms with Gasteiger partial charge in [0.25, 0.3) is 0 Å². The maximum absolute atomic E-state index is 11.0. The van der Waals surface area contributed by atoms with Gasteiger partial charge < -0.3 is 19.1 Å². The van der Waals surface area contributed by atoms with Crippen molar-refractivity contribution in [3.63, 3.8) is 0 Å². The molecule has 2 unspecified atom stereocenters.